The quantitative estimate of drug-likeness (QED) is 0.103. The van der Waals surface area contributed by atoms with Crippen molar-refractivity contribution >= 4 is 11.9 Å². The zero-order valence-corrected chi connectivity index (χ0v) is 46.1. The highest BCUT2D eigenvalue weighted by molar-refractivity contribution is 5.75. The molecule has 4 aromatic rings. The van der Waals surface area contributed by atoms with Crippen LogP contribution in [0.2, 0.25) is 0 Å². The lowest BCUT2D eigenvalue weighted by Gasteiger charge is -2.19. The van der Waals surface area contributed by atoms with Crippen LogP contribution >= 0.6 is 0 Å². The SMILES string of the molecule is CC(C)Cc1ccc(COC(=O)C(C)(C)C)cc1.CC(C)Cc1ccc(COC(C)(C)C)cc1.CC(C)Oc1ccc(COC(=O)C(C)(C)C)cc1.CC(C)Oc1ccc(COC(C)(C)C)cc1. The van der Waals surface area contributed by atoms with Crippen molar-refractivity contribution < 1.29 is 38.0 Å². The van der Waals surface area contributed by atoms with E-state index in [2.05, 4.69) is 106 Å². The molecule has 0 bridgehead atoms. The van der Waals surface area contributed by atoms with Gasteiger partial charge in [-0.25, -0.2) is 0 Å². The van der Waals surface area contributed by atoms with E-state index < -0.39 is 10.8 Å². The maximum Gasteiger partial charge on any atom is 0.311 e. The van der Waals surface area contributed by atoms with Crippen molar-refractivity contribution in [3.05, 3.63) is 130 Å². The van der Waals surface area contributed by atoms with Crippen LogP contribution in [0.25, 0.3) is 0 Å². The molecule has 0 unspecified atom stereocenters. The Morgan fingerprint density at radius 1 is 0.368 bits per heavy atom. The maximum absolute atomic E-state index is 11.6. The standard InChI is InChI=1S/C16H24O2.C15H22O3.C15H24O.C14H22O2/c1-12(2)10-13-6-8-14(9-7-13)11-18-15(17)16(3,4)5;1-11(2)18-13-8-6-12(7-9-13)10-17-14(16)15(3,4)5;1-12(2)10-13-6-8-14(9-7-13)11-16-15(3,4)5;1-11(2)16-13-8-6-12(7-9-13)10-15-14(3,4)5/h6-9,12H,10-11H2,1-5H3;6-9,11H,10H2,1-5H3;6-9,12H,10-11H2,1-5H3;6-9,11H,10H2,1-5H3. The van der Waals surface area contributed by atoms with Gasteiger partial charge in [-0.3, -0.25) is 9.59 Å². The van der Waals surface area contributed by atoms with Gasteiger partial charge >= 0.3 is 11.9 Å². The van der Waals surface area contributed by atoms with Gasteiger partial charge in [-0.1, -0.05) is 100 Å². The van der Waals surface area contributed by atoms with Crippen LogP contribution in [-0.4, -0.2) is 35.3 Å². The van der Waals surface area contributed by atoms with Crippen molar-refractivity contribution in [2.24, 2.45) is 22.7 Å². The summed E-state index contributed by atoms with van der Waals surface area (Å²) in [7, 11) is 0. The first kappa shape index (κ1) is 61.4. The highest BCUT2D eigenvalue weighted by Gasteiger charge is 2.24. The van der Waals surface area contributed by atoms with E-state index in [1.54, 1.807) is 0 Å². The van der Waals surface area contributed by atoms with Crippen LogP contribution in [0.3, 0.4) is 0 Å². The van der Waals surface area contributed by atoms with E-state index in [4.69, 9.17) is 28.4 Å². The van der Waals surface area contributed by atoms with E-state index in [0.29, 0.717) is 32.3 Å². The second kappa shape index (κ2) is 29.4. The molecule has 0 atom stereocenters. The van der Waals surface area contributed by atoms with Crippen LogP contribution in [0, 0.1) is 22.7 Å². The molecule has 0 aromatic heterocycles. The van der Waals surface area contributed by atoms with Crippen molar-refractivity contribution in [3.8, 4) is 11.5 Å². The molecule has 0 aliphatic carbocycles. The number of rotatable bonds is 16. The molecule has 0 saturated heterocycles. The molecule has 0 aliphatic rings. The smallest absolute Gasteiger partial charge is 0.311 e. The van der Waals surface area contributed by atoms with Gasteiger partial charge in [0, 0.05) is 0 Å². The van der Waals surface area contributed by atoms with E-state index in [9.17, 15) is 9.59 Å². The predicted octanol–water partition coefficient (Wildman–Crippen LogP) is 15.5. The molecule has 0 spiro atoms. The second-order valence-electron chi connectivity index (χ2n) is 22.9. The second-order valence-corrected chi connectivity index (χ2v) is 22.9. The molecule has 4 aromatic carbocycles. The highest BCUT2D eigenvalue weighted by Crippen LogP contribution is 2.21. The number of benzene rings is 4. The third-order valence-corrected chi connectivity index (χ3v) is 9.23. The van der Waals surface area contributed by atoms with E-state index in [1.807, 2.05) is 130 Å². The van der Waals surface area contributed by atoms with Gasteiger partial charge in [0.2, 0.25) is 0 Å². The minimum Gasteiger partial charge on any atom is -0.491 e. The molecule has 0 heterocycles. The third kappa shape index (κ3) is 30.7. The Bertz CT molecular complexity index is 1820. The first-order valence-corrected chi connectivity index (χ1v) is 24.6. The van der Waals surface area contributed by atoms with Gasteiger partial charge < -0.3 is 28.4 Å². The molecule has 380 valence electrons. The summed E-state index contributed by atoms with van der Waals surface area (Å²) in [5.74, 6) is 2.77. The molecule has 8 heteroatoms. The maximum atomic E-state index is 11.6. The topological polar surface area (TPSA) is 89.5 Å². The van der Waals surface area contributed by atoms with Crippen LogP contribution in [0.15, 0.2) is 97.1 Å². The Balaban J connectivity index is 0.000000454. The van der Waals surface area contributed by atoms with E-state index in [0.717, 1.165) is 41.4 Å². The van der Waals surface area contributed by atoms with Gasteiger partial charge in [0.25, 0.3) is 0 Å². The van der Waals surface area contributed by atoms with Gasteiger partial charge in [0.15, 0.2) is 0 Å². The van der Waals surface area contributed by atoms with Crippen LogP contribution in [-0.2, 0) is 67.8 Å². The fourth-order valence-corrected chi connectivity index (χ4v) is 5.69. The summed E-state index contributed by atoms with van der Waals surface area (Å²) < 4.78 is 33.1. The zero-order valence-electron chi connectivity index (χ0n) is 46.1. The van der Waals surface area contributed by atoms with E-state index in [-0.39, 0.29) is 35.3 Å². The van der Waals surface area contributed by atoms with E-state index >= 15 is 0 Å². The Hall–Kier alpha value is -4.66. The summed E-state index contributed by atoms with van der Waals surface area (Å²) in [6.07, 6.45) is 2.62. The van der Waals surface area contributed by atoms with E-state index in [1.165, 1.54) is 22.3 Å². The van der Waals surface area contributed by atoms with Crippen molar-refractivity contribution in [3.63, 3.8) is 0 Å². The van der Waals surface area contributed by atoms with Gasteiger partial charge in [-0.2, -0.15) is 0 Å². The van der Waals surface area contributed by atoms with Crippen LogP contribution < -0.4 is 9.47 Å². The number of esters is 2. The average molecular weight is 941 g/mol. The highest BCUT2D eigenvalue weighted by atomic mass is 16.5. The number of ether oxygens (including phenoxy) is 6. The minimum atomic E-state index is -0.458. The van der Waals surface area contributed by atoms with Crippen molar-refractivity contribution in [2.75, 3.05) is 0 Å². The Kier molecular flexibility index (Phi) is 26.5. The molecule has 68 heavy (non-hydrogen) atoms. The van der Waals surface area contributed by atoms with Crippen molar-refractivity contribution in [1.82, 2.24) is 0 Å². The lowest BCUT2D eigenvalue weighted by molar-refractivity contribution is -0.155. The number of carbonyl (C=O) groups excluding carboxylic acids is 2. The Morgan fingerprint density at radius 3 is 0.824 bits per heavy atom. The normalized spacial score (nSPS) is 11.8. The van der Waals surface area contributed by atoms with Crippen LogP contribution in [0.4, 0.5) is 0 Å². The predicted molar refractivity (Wildman–Crippen MR) is 282 cm³/mol. The van der Waals surface area contributed by atoms with Gasteiger partial charge in [-0.15, -0.1) is 0 Å². The molecule has 0 saturated carbocycles. The summed E-state index contributed by atoms with van der Waals surface area (Å²) in [5.41, 5.74) is 6.13. The molecular formula is C60H92O8. The molecule has 0 fully saturated rings. The molecule has 0 amide bonds. The number of carbonyl (C=O) groups is 2. The summed E-state index contributed by atoms with van der Waals surface area (Å²) >= 11 is 0. The van der Waals surface area contributed by atoms with Crippen LogP contribution in [0.1, 0.15) is 172 Å². The van der Waals surface area contributed by atoms with Gasteiger partial charge in [-0.05, 0) is 193 Å². The zero-order chi connectivity index (χ0) is 51.9. The molecular weight excluding hydrogens is 849 g/mol. The molecule has 0 radical (unpaired) electrons. The van der Waals surface area contributed by atoms with Crippen LogP contribution in [0.5, 0.6) is 11.5 Å². The molecule has 0 aliphatic heterocycles. The number of hydrogen-bond donors (Lipinski definition) is 0. The first-order valence-electron chi connectivity index (χ1n) is 24.6. The van der Waals surface area contributed by atoms with Gasteiger partial charge in [0.1, 0.15) is 24.7 Å². The average Bonchev–Trinajstić information content (AvgIpc) is 3.21. The lowest BCUT2D eigenvalue weighted by Crippen LogP contribution is -2.22. The summed E-state index contributed by atoms with van der Waals surface area (Å²) in [4.78, 5) is 23.2. The summed E-state index contributed by atoms with van der Waals surface area (Å²) in [6, 6.07) is 32.7. The van der Waals surface area contributed by atoms with Gasteiger partial charge in [0.05, 0.1) is 47.5 Å². The molecule has 8 nitrogen and oxygen atoms in total. The van der Waals surface area contributed by atoms with Crippen molar-refractivity contribution in [1.29, 1.82) is 0 Å². The number of hydrogen-bond acceptors (Lipinski definition) is 8. The monoisotopic (exact) mass is 941 g/mol. The summed E-state index contributed by atoms with van der Waals surface area (Å²) in [6.45, 7) is 42.5. The molecule has 0 N–H and O–H groups in total. The fraction of sp³-hybridized carbons (Fsp3) is 0.567. The lowest BCUT2D eigenvalue weighted by atomic mass is 9.97. The fourth-order valence-electron chi connectivity index (χ4n) is 5.69. The Labute approximate surface area is 414 Å². The largest absolute Gasteiger partial charge is 0.491 e. The Morgan fingerprint density at radius 2 is 0.603 bits per heavy atom. The van der Waals surface area contributed by atoms with Crippen molar-refractivity contribution in [2.45, 2.75) is 201 Å². The third-order valence-electron chi connectivity index (χ3n) is 9.23. The summed E-state index contributed by atoms with van der Waals surface area (Å²) in [5, 5.41) is 0. The first-order chi connectivity index (χ1) is 31.3. The minimum absolute atomic E-state index is 0.0589. The molecule has 4 rings (SSSR count).